The van der Waals surface area contributed by atoms with Crippen LogP contribution in [0.15, 0.2) is 22.8 Å². The number of hydrogen-bond donors (Lipinski definition) is 2. The summed E-state index contributed by atoms with van der Waals surface area (Å²) in [6.07, 6.45) is 2.57. The molecule has 1 amide bonds. The van der Waals surface area contributed by atoms with Crippen molar-refractivity contribution in [2.24, 2.45) is 5.92 Å². The highest BCUT2D eigenvalue weighted by Crippen LogP contribution is 2.14. The van der Waals surface area contributed by atoms with Crippen LogP contribution in [-0.4, -0.2) is 42.2 Å². The number of nitrogens with zero attached hydrogens (tertiary/aromatic N) is 1. The van der Waals surface area contributed by atoms with Crippen LogP contribution >= 0.6 is 0 Å². The molecule has 0 aliphatic carbocycles. The van der Waals surface area contributed by atoms with E-state index in [4.69, 9.17) is 9.52 Å². The lowest BCUT2D eigenvalue weighted by atomic mass is 10.1. The Kier molecular flexibility index (Phi) is 4.17. The predicted octanol–water partition coefficient (Wildman–Crippen LogP) is 0.210. The molecule has 17 heavy (non-hydrogen) atoms. The smallest absolute Gasteiger partial charge is 0.234 e. The second-order valence-corrected chi connectivity index (χ2v) is 4.43. The molecule has 2 heterocycles. The van der Waals surface area contributed by atoms with Gasteiger partial charge in [0.05, 0.1) is 19.4 Å². The summed E-state index contributed by atoms with van der Waals surface area (Å²) in [5, 5.41) is 11.8. The standard InChI is InChI=1S/C12H18N2O3/c15-9-10-3-4-14(7-10)8-12(16)13-6-11-2-1-5-17-11/h1-2,5,10,15H,3-4,6-9H2,(H,13,16)/t10-/m1/s1. The molecular weight excluding hydrogens is 220 g/mol. The van der Waals surface area contributed by atoms with Gasteiger partial charge in [-0.3, -0.25) is 9.69 Å². The summed E-state index contributed by atoms with van der Waals surface area (Å²) in [7, 11) is 0. The van der Waals surface area contributed by atoms with Gasteiger partial charge in [-0.1, -0.05) is 0 Å². The maximum atomic E-state index is 11.6. The van der Waals surface area contributed by atoms with E-state index in [9.17, 15) is 4.79 Å². The molecule has 1 aromatic heterocycles. The predicted molar refractivity (Wildman–Crippen MR) is 62.2 cm³/mol. The van der Waals surface area contributed by atoms with Gasteiger partial charge in [-0.05, 0) is 31.0 Å². The van der Waals surface area contributed by atoms with Crippen molar-refractivity contribution in [2.45, 2.75) is 13.0 Å². The Labute approximate surface area is 100 Å². The quantitative estimate of drug-likeness (QED) is 0.769. The van der Waals surface area contributed by atoms with E-state index in [0.717, 1.165) is 25.3 Å². The number of nitrogens with one attached hydrogen (secondary N) is 1. The molecule has 1 aliphatic rings. The van der Waals surface area contributed by atoms with E-state index < -0.39 is 0 Å². The Morgan fingerprint density at radius 2 is 2.53 bits per heavy atom. The van der Waals surface area contributed by atoms with Crippen LogP contribution < -0.4 is 5.32 Å². The van der Waals surface area contributed by atoms with Gasteiger partial charge in [0.1, 0.15) is 5.76 Å². The minimum atomic E-state index is -0.00000945. The zero-order valence-corrected chi connectivity index (χ0v) is 9.76. The summed E-state index contributed by atoms with van der Waals surface area (Å²) in [5.41, 5.74) is 0. The molecule has 0 radical (unpaired) electrons. The number of rotatable bonds is 5. The fourth-order valence-electron chi connectivity index (χ4n) is 2.06. The van der Waals surface area contributed by atoms with E-state index >= 15 is 0 Å². The fourth-order valence-corrected chi connectivity index (χ4v) is 2.06. The minimum Gasteiger partial charge on any atom is -0.467 e. The fraction of sp³-hybridized carbons (Fsp3) is 0.583. The van der Waals surface area contributed by atoms with Crippen molar-refractivity contribution in [1.82, 2.24) is 10.2 Å². The summed E-state index contributed by atoms with van der Waals surface area (Å²) < 4.78 is 5.13. The Balaban J connectivity index is 1.67. The zero-order valence-electron chi connectivity index (χ0n) is 9.76. The Morgan fingerprint density at radius 1 is 1.65 bits per heavy atom. The number of furan rings is 1. The van der Waals surface area contributed by atoms with Crippen LogP contribution in [0, 0.1) is 5.92 Å². The van der Waals surface area contributed by atoms with Gasteiger partial charge in [-0.2, -0.15) is 0 Å². The van der Waals surface area contributed by atoms with Crippen molar-refractivity contribution in [3.63, 3.8) is 0 Å². The van der Waals surface area contributed by atoms with Crippen LogP contribution in [0.1, 0.15) is 12.2 Å². The summed E-state index contributed by atoms with van der Waals surface area (Å²) >= 11 is 0. The second kappa shape index (κ2) is 5.84. The van der Waals surface area contributed by atoms with Gasteiger partial charge in [-0.25, -0.2) is 0 Å². The van der Waals surface area contributed by atoms with Gasteiger partial charge in [0.25, 0.3) is 0 Å². The van der Waals surface area contributed by atoms with Crippen molar-refractivity contribution >= 4 is 5.91 Å². The van der Waals surface area contributed by atoms with Gasteiger partial charge in [0.2, 0.25) is 5.91 Å². The molecule has 1 aromatic rings. The number of aliphatic hydroxyl groups excluding tert-OH is 1. The largest absolute Gasteiger partial charge is 0.467 e. The molecule has 0 bridgehead atoms. The molecule has 5 nitrogen and oxygen atoms in total. The molecular formula is C12H18N2O3. The van der Waals surface area contributed by atoms with Crippen LogP contribution in [0.3, 0.4) is 0 Å². The second-order valence-electron chi connectivity index (χ2n) is 4.43. The summed E-state index contributed by atoms with van der Waals surface area (Å²) in [4.78, 5) is 13.7. The van der Waals surface area contributed by atoms with Crippen molar-refractivity contribution in [2.75, 3.05) is 26.2 Å². The minimum absolute atomic E-state index is 0.00000945. The summed E-state index contributed by atoms with van der Waals surface area (Å²) in [6, 6.07) is 3.63. The maximum absolute atomic E-state index is 11.6. The first kappa shape index (κ1) is 12.1. The third-order valence-corrected chi connectivity index (χ3v) is 3.04. The van der Waals surface area contributed by atoms with Crippen LogP contribution in [0.4, 0.5) is 0 Å². The topological polar surface area (TPSA) is 65.7 Å². The Hall–Kier alpha value is -1.33. The summed E-state index contributed by atoms with van der Waals surface area (Å²) in [6.45, 7) is 2.74. The third kappa shape index (κ3) is 3.57. The SMILES string of the molecule is O=C(CN1CC[C@@H](CO)C1)NCc1ccco1. The van der Waals surface area contributed by atoms with Crippen molar-refractivity contribution in [3.05, 3.63) is 24.2 Å². The van der Waals surface area contributed by atoms with E-state index in [2.05, 4.69) is 10.2 Å². The van der Waals surface area contributed by atoms with Gasteiger partial charge in [0, 0.05) is 13.2 Å². The van der Waals surface area contributed by atoms with E-state index in [0.29, 0.717) is 19.0 Å². The monoisotopic (exact) mass is 238 g/mol. The lowest BCUT2D eigenvalue weighted by Crippen LogP contribution is -2.35. The molecule has 2 N–H and O–H groups in total. The van der Waals surface area contributed by atoms with Gasteiger partial charge >= 0.3 is 0 Å². The lowest BCUT2D eigenvalue weighted by molar-refractivity contribution is -0.122. The Bertz CT molecular complexity index is 351. The van der Waals surface area contributed by atoms with E-state index in [1.165, 1.54) is 0 Å². The number of carbonyl (C=O) groups excluding carboxylic acids is 1. The molecule has 94 valence electrons. The number of hydrogen-bond acceptors (Lipinski definition) is 4. The average Bonchev–Trinajstić information content (AvgIpc) is 2.97. The highest BCUT2D eigenvalue weighted by molar-refractivity contribution is 5.77. The van der Waals surface area contributed by atoms with Crippen LogP contribution in [0.2, 0.25) is 0 Å². The van der Waals surface area contributed by atoms with Crippen LogP contribution in [0.25, 0.3) is 0 Å². The van der Waals surface area contributed by atoms with Crippen molar-refractivity contribution in [1.29, 1.82) is 0 Å². The number of likely N-dealkylation sites (tertiary alicyclic amines) is 1. The highest BCUT2D eigenvalue weighted by atomic mass is 16.3. The first-order valence-corrected chi connectivity index (χ1v) is 5.90. The highest BCUT2D eigenvalue weighted by Gasteiger charge is 2.23. The van der Waals surface area contributed by atoms with Crippen molar-refractivity contribution in [3.8, 4) is 0 Å². The van der Waals surface area contributed by atoms with Crippen LogP contribution in [0.5, 0.6) is 0 Å². The molecule has 1 atom stereocenters. The van der Waals surface area contributed by atoms with Gasteiger partial charge < -0.3 is 14.8 Å². The maximum Gasteiger partial charge on any atom is 0.234 e. The molecule has 1 fully saturated rings. The molecule has 0 unspecified atom stereocenters. The summed E-state index contributed by atoms with van der Waals surface area (Å²) in [5.74, 6) is 1.08. The van der Waals surface area contributed by atoms with Crippen molar-refractivity contribution < 1.29 is 14.3 Å². The molecule has 1 aliphatic heterocycles. The molecule has 0 aromatic carbocycles. The van der Waals surface area contributed by atoms with Gasteiger partial charge in [0.15, 0.2) is 0 Å². The molecule has 0 spiro atoms. The molecule has 5 heteroatoms. The lowest BCUT2D eigenvalue weighted by Gasteiger charge is -2.14. The number of aliphatic hydroxyl groups is 1. The Morgan fingerprint density at radius 3 is 3.18 bits per heavy atom. The number of amides is 1. The number of carbonyl (C=O) groups is 1. The first-order chi connectivity index (χ1) is 8.28. The van der Waals surface area contributed by atoms with Gasteiger partial charge in [-0.15, -0.1) is 0 Å². The average molecular weight is 238 g/mol. The molecule has 0 saturated carbocycles. The third-order valence-electron chi connectivity index (χ3n) is 3.04. The van der Waals surface area contributed by atoms with Crippen LogP contribution in [-0.2, 0) is 11.3 Å². The zero-order chi connectivity index (χ0) is 12.1. The molecule has 1 saturated heterocycles. The van der Waals surface area contributed by atoms with E-state index in [1.54, 1.807) is 12.3 Å². The normalized spacial score (nSPS) is 20.6. The molecule has 2 rings (SSSR count). The van der Waals surface area contributed by atoms with E-state index in [-0.39, 0.29) is 12.5 Å². The first-order valence-electron chi connectivity index (χ1n) is 5.90. The van der Waals surface area contributed by atoms with E-state index in [1.807, 2.05) is 6.07 Å².